The number of anilines is 1. The number of amides is 1. The van der Waals surface area contributed by atoms with Gasteiger partial charge < -0.3 is 10.1 Å². The van der Waals surface area contributed by atoms with E-state index in [2.05, 4.69) is 5.32 Å². The molecule has 0 unspecified atom stereocenters. The van der Waals surface area contributed by atoms with E-state index in [1.54, 1.807) is 24.3 Å². The molecule has 1 aliphatic carbocycles. The van der Waals surface area contributed by atoms with Crippen molar-refractivity contribution in [2.75, 3.05) is 5.32 Å². The summed E-state index contributed by atoms with van der Waals surface area (Å²) in [5.74, 6) is -1.27. The Hall–Kier alpha value is -2.69. The van der Waals surface area contributed by atoms with E-state index in [4.69, 9.17) is 4.74 Å². The van der Waals surface area contributed by atoms with Gasteiger partial charge in [-0.05, 0) is 36.4 Å². The fourth-order valence-corrected chi connectivity index (χ4v) is 3.63. The van der Waals surface area contributed by atoms with E-state index >= 15 is 0 Å². The smallest absolute Gasteiger partial charge is 0.346 e. The molecule has 0 radical (unpaired) electrons. The molecule has 0 bridgehead atoms. The van der Waals surface area contributed by atoms with Crippen LogP contribution in [0.15, 0.2) is 30.3 Å². The first kappa shape index (κ1) is 14.9. The van der Waals surface area contributed by atoms with Crippen LogP contribution in [0.4, 0.5) is 5.69 Å². The molecule has 0 aromatic heterocycles. The molecule has 24 heavy (non-hydrogen) atoms. The Kier molecular flexibility index (Phi) is 3.56. The minimum Gasteiger partial charge on any atom is -0.386 e. The van der Waals surface area contributed by atoms with Crippen molar-refractivity contribution in [1.29, 1.82) is 0 Å². The lowest BCUT2D eigenvalue weighted by Crippen LogP contribution is -2.25. The molecule has 5 nitrogen and oxygen atoms in total. The number of hydrogen-bond donors (Lipinski definition) is 1. The molecule has 0 saturated heterocycles. The van der Waals surface area contributed by atoms with Crippen LogP contribution in [0.1, 0.15) is 52.8 Å². The van der Waals surface area contributed by atoms with Gasteiger partial charge in [-0.1, -0.05) is 31.4 Å². The molecular formula is C19H17NO4. The highest BCUT2D eigenvalue weighted by atomic mass is 16.6. The SMILES string of the molecule is O=C1OC(=O)c2cc(NC(=O)C3CCCCC3)cc3cccc1c23. The molecule has 122 valence electrons. The Morgan fingerprint density at radius 2 is 1.75 bits per heavy atom. The number of carbonyl (C=O) groups is 3. The van der Waals surface area contributed by atoms with Gasteiger partial charge >= 0.3 is 11.9 Å². The Morgan fingerprint density at radius 3 is 2.54 bits per heavy atom. The molecule has 1 N–H and O–H groups in total. The quantitative estimate of drug-likeness (QED) is 0.676. The summed E-state index contributed by atoms with van der Waals surface area (Å²) in [6.45, 7) is 0. The van der Waals surface area contributed by atoms with E-state index in [0.29, 0.717) is 22.2 Å². The maximum absolute atomic E-state index is 12.4. The van der Waals surface area contributed by atoms with Gasteiger partial charge in [0.1, 0.15) is 0 Å². The highest BCUT2D eigenvalue weighted by molar-refractivity contribution is 6.21. The van der Waals surface area contributed by atoms with Crippen molar-refractivity contribution in [2.45, 2.75) is 32.1 Å². The van der Waals surface area contributed by atoms with E-state index < -0.39 is 11.9 Å². The third-order valence-corrected chi connectivity index (χ3v) is 4.85. The lowest BCUT2D eigenvalue weighted by atomic mass is 9.88. The van der Waals surface area contributed by atoms with E-state index in [0.717, 1.165) is 31.1 Å². The van der Waals surface area contributed by atoms with Crippen molar-refractivity contribution in [3.05, 3.63) is 41.5 Å². The van der Waals surface area contributed by atoms with Crippen molar-refractivity contribution >= 4 is 34.3 Å². The molecule has 0 atom stereocenters. The first-order chi connectivity index (χ1) is 11.6. The first-order valence-electron chi connectivity index (χ1n) is 8.27. The highest BCUT2D eigenvalue weighted by Gasteiger charge is 2.28. The number of hydrogen-bond acceptors (Lipinski definition) is 4. The fraction of sp³-hybridized carbons (Fsp3) is 0.316. The summed E-state index contributed by atoms with van der Waals surface area (Å²) in [7, 11) is 0. The summed E-state index contributed by atoms with van der Waals surface area (Å²) in [4.78, 5) is 36.3. The topological polar surface area (TPSA) is 72.5 Å². The Balaban J connectivity index is 1.72. The fourth-order valence-electron chi connectivity index (χ4n) is 3.63. The molecule has 2 aromatic carbocycles. The number of benzene rings is 2. The van der Waals surface area contributed by atoms with Crippen LogP contribution >= 0.6 is 0 Å². The molecular weight excluding hydrogens is 306 g/mol. The Bertz CT molecular complexity index is 865. The largest absolute Gasteiger partial charge is 0.386 e. The predicted octanol–water partition coefficient (Wildman–Crippen LogP) is 3.67. The highest BCUT2D eigenvalue weighted by Crippen LogP contribution is 2.32. The van der Waals surface area contributed by atoms with Crippen LogP contribution in [-0.2, 0) is 9.53 Å². The van der Waals surface area contributed by atoms with Crippen molar-refractivity contribution in [3.8, 4) is 0 Å². The average Bonchev–Trinajstić information content (AvgIpc) is 2.60. The average molecular weight is 323 g/mol. The van der Waals surface area contributed by atoms with Crippen LogP contribution < -0.4 is 5.32 Å². The van der Waals surface area contributed by atoms with Crippen molar-refractivity contribution in [2.24, 2.45) is 5.92 Å². The standard InChI is InChI=1S/C19H17NO4/c21-17(11-5-2-1-3-6-11)20-13-9-12-7-4-8-14-16(12)15(10-13)19(23)24-18(14)22/h4,7-11H,1-3,5-6H2,(H,20,21). The normalized spacial score (nSPS) is 17.7. The van der Waals surface area contributed by atoms with Gasteiger partial charge in [0.2, 0.25) is 5.91 Å². The van der Waals surface area contributed by atoms with Gasteiger partial charge in [0.05, 0.1) is 11.1 Å². The minimum atomic E-state index is -0.669. The summed E-state index contributed by atoms with van der Waals surface area (Å²) in [5.41, 5.74) is 1.27. The molecule has 1 aliphatic heterocycles. The number of esters is 2. The van der Waals surface area contributed by atoms with Crippen molar-refractivity contribution in [3.63, 3.8) is 0 Å². The Morgan fingerprint density at radius 1 is 1.00 bits per heavy atom. The number of cyclic esters (lactones) is 2. The molecule has 4 rings (SSSR count). The predicted molar refractivity (Wildman–Crippen MR) is 88.9 cm³/mol. The van der Waals surface area contributed by atoms with Crippen molar-refractivity contribution < 1.29 is 19.1 Å². The first-order valence-corrected chi connectivity index (χ1v) is 8.27. The monoisotopic (exact) mass is 323 g/mol. The second-order valence-electron chi connectivity index (χ2n) is 6.43. The molecule has 1 fully saturated rings. The van der Waals surface area contributed by atoms with Gasteiger partial charge in [0, 0.05) is 17.0 Å². The minimum absolute atomic E-state index is 0.00217. The summed E-state index contributed by atoms with van der Waals surface area (Å²) >= 11 is 0. The van der Waals surface area contributed by atoms with Crippen LogP contribution in [0.3, 0.4) is 0 Å². The van der Waals surface area contributed by atoms with Gasteiger partial charge in [-0.15, -0.1) is 0 Å². The summed E-state index contributed by atoms with van der Waals surface area (Å²) in [6.07, 6.45) is 5.17. The van der Waals surface area contributed by atoms with Crippen molar-refractivity contribution in [1.82, 2.24) is 0 Å². The van der Waals surface area contributed by atoms with Gasteiger partial charge in [0.15, 0.2) is 0 Å². The summed E-state index contributed by atoms with van der Waals surface area (Å²) in [6, 6.07) is 8.60. The van der Waals surface area contributed by atoms with Crippen LogP contribution in [0, 0.1) is 5.92 Å². The third-order valence-electron chi connectivity index (χ3n) is 4.85. The van der Waals surface area contributed by atoms with E-state index in [1.165, 1.54) is 6.42 Å². The molecule has 2 aromatic rings. The molecule has 2 aliphatic rings. The Labute approximate surface area is 139 Å². The number of carbonyl (C=O) groups excluding carboxylic acids is 3. The van der Waals surface area contributed by atoms with E-state index in [1.807, 2.05) is 6.07 Å². The summed E-state index contributed by atoms with van der Waals surface area (Å²) in [5, 5.41) is 4.26. The third kappa shape index (κ3) is 2.46. The molecule has 0 spiro atoms. The van der Waals surface area contributed by atoms with Gasteiger partial charge in [-0.3, -0.25) is 4.79 Å². The second-order valence-corrected chi connectivity index (χ2v) is 6.43. The number of ether oxygens (including phenoxy) is 1. The van der Waals surface area contributed by atoms with Crippen LogP contribution in [0.2, 0.25) is 0 Å². The van der Waals surface area contributed by atoms with Crippen LogP contribution in [-0.4, -0.2) is 17.8 Å². The number of nitrogens with one attached hydrogen (secondary N) is 1. The lowest BCUT2D eigenvalue weighted by molar-refractivity contribution is -0.120. The van der Waals surface area contributed by atoms with E-state index in [9.17, 15) is 14.4 Å². The molecule has 5 heteroatoms. The van der Waals surface area contributed by atoms with Gasteiger partial charge in [0.25, 0.3) is 0 Å². The zero-order valence-corrected chi connectivity index (χ0v) is 13.1. The second kappa shape index (κ2) is 5.74. The molecule has 1 saturated carbocycles. The zero-order chi connectivity index (χ0) is 16.7. The van der Waals surface area contributed by atoms with Crippen LogP contribution in [0.25, 0.3) is 10.8 Å². The molecule has 1 amide bonds. The lowest BCUT2D eigenvalue weighted by Gasteiger charge is -2.21. The number of rotatable bonds is 2. The van der Waals surface area contributed by atoms with Crippen LogP contribution in [0.5, 0.6) is 0 Å². The maximum Gasteiger partial charge on any atom is 0.346 e. The van der Waals surface area contributed by atoms with Gasteiger partial charge in [-0.2, -0.15) is 0 Å². The van der Waals surface area contributed by atoms with E-state index in [-0.39, 0.29) is 11.8 Å². The maximum atomic E-state index is 12.4. The van der Waals surface area contributed by atoms with Gasteiger partial charge in [-0.25, -0.2) is 9.59 Å². The zero-order valence-electron chi connectivity index (χ0n) is 13.1. The molecule has 1 heterocycles. The summed E-state index contributed by atoms with van der Waals surface area (Å²) < 4.78 is 4.79.